The molecule has 3 aromatic heterocycles. The molecule has 110 valence electrons. The molecule has 1 aliphatic rings. The Bertz CT molecular complexity index is 697. The van der Waals surface area contributed by atoms with Gasteiger partial charge in [0.15, 0.2) is 0 Å². The van der Waals surface area contributed by atoms with Crippen LogP contribution in [0.1, 0.15) is 18.5 Å². The Kier molecular flexibility index (Phi) is 3.10. The van der Waals surface area contributed by atoms with Gasteiger partial charge in [-0.1, -0.05) is 11.3 Å². The summed E-state index contributed by atoms with van der Waals surface area (Å²) in [5.74, 6) is 0.596. The normalized spacial score (nSPS) is 19.5. The molecule has 4 heterocycles. The van der Waals surface area contributed by atoms with Crippen LogP contribution in [0.4, 0.5) is 5.13 Å². The van der Waals surface area contributed by atoms with Crippen molar-refractivity contribution in [1.82, 2.24) is 29.4 Å². The molecule has 0 N–H and O–H groups in total. The second-order valence-corrected chi connectivity index (χ2v) is 6.50. The summed E-state index contributed by atoms with van der Waals surface area (Å²) in [7, 11) is 0. The van der Waals surface area contributed by atoms with Crippen LogP contribution in [0.25, 0.3) is 4.96 Å². The van der Waals surface area contributed by atoms with Gasteiger partial charge in [0.2, 0.25) is 10.1 Å². The van der Waals surface area contributed by atoms with Gasteiger partial charge in [-0.05, 0) is 25.7 Å². The van der Waals surface area contributed by atoms with Gasteiger partial charge in [0, 0.05) is 19.6 Å². The third-order valence-electron chi connectivity index (χ3n) is 3.85. The predicted molar refractivity (Wildman–Crippen MR) is 80.6 cm³/mol. The number of aromatic nitrogens is 6. The molecule has 1 fully saturated rings. The van der Waals surface area contributed by atoms with Crippen LogP contribution in [0, 0.1) is 12.8 Å². The summed E-state index contributed by atoms with van der Waals surface area (Å²) in [6.07, 6.45) is 7.79. The zero-order valence-corrected chi connectivity index (χ0v) is 12.7. The van der Waals surface area contributed by atoms with E-state index in [9.17, 15) is 0 Å². The zero-order chi connectivity index (χ0) is 14.2. The molecule has 4 rings (SSSR count). The van der Waals surface area contributed by atoms with Gasteiger partial charge < -0.3 is 4.90 Å². The number of rotatable bonds is 3. The molecule has 1 saturated heterocycles. The first-order valence-electron chi connectivity index (χ1n) is 7.18. The van der Waals surface area contributed by atoms with E-state index in [4.69, 9.17) is 0 Å². The maximum absolute atomic E-state index is 4.65. The molecule has 0 unspecified atom stereocenters. The van der Waals surface area contributed by atoms with Crippen molar-refractivity contribution in [2.75, 3.05) is 18.0 Å². The summed E-state index contributed by atoms with van der Waals surface area (Å²) in [5, 5.41) is 9.93. The standard InChI is InChI=1S/C13H17N7S/c1-10-5-20-12(16-10)21-13(17-20)18-4-2-3-11(6-18)7-19-9-14-8-15-19/h5,8-9,11H,2-4,6-7H2,1H3/t11-/m1/s1. The topological polar surface area (TPSA) is 64.1 Å². The summed E-state index contributed by atoms with van der Waals surface area (Å²) < 4.78 is 3.81. The number of nitrogens with zero attached hydrogens (tertiary/aromatic N) is 7. The van der Waals surface area contributed by atoms with Crippen LogP contribution in [0.3, 0.4) is 0 Å². The van der Waals surface area contributed by atoms with Crippen molar-refractivity contribution in [2.45, 2.75) is 26.3 Å². The Morgan fingerprint density at radius 3 is 3.19 bits per heavy atom. The average molecular weight is 303 g/mol. The van der Waals surface area contributed by atoms with Crippen LogP contribution in [0.5, 0.6) is 0 Å². The Balaban J connectivity index is 1.50. The maximum Gasteiger partial charge on any atom is 0.214 e. The van der Waals surface area contributed by atoms with E-state index in [2.05, 4.69) is 25.1 Å². The van der Waals surface area contributed by atoms with E-state index in [-0.39, 0.29) is 0 Å². The van der Waals surface area contributed by atoms with Crippen LogP contribution in [0.15, 0.2) is 18.9 Å². The van der Waals surface area contributed by atoms with Crippen molar-refractivity contribution in [3.8, 4) is 0 Å². The third-order valence-corrected chi connectivity index (χ3v) is 4.84. The Morgan fingerprint density at radius 1 is 1.43 bits per heavy atom. The zero-order valence-electron chi connectivity index (χ0n) is 11.9. The highest BCUT2D eigenvalue weighted by Gasteiger charge is 2.23. The molecule has 0 aromatic carbocycles. The molecule has 3 aromatic rings. The molecule has 1 atom stereocenters. The lowest BCUT2D eigenvalue weighted by Crippen LogP contribution is -2.37. The summed E-state index contributed by atoms with van der Waals surface area (Å²) in [4.78, 5) is 11.8. The monoisotopic (exact) mass is 303 g/mol. The molecule has 0 bridgehead atoms. The van der Waals surface area contributed by atoms with Crippen molar-refractivity contribution in [1.29, 1.82) is 0 Å². The number of imidazole rings is 1. The number of fused-ring (bicyclic) bond motifs is 1. The molecule has 1 aliphatic heterocycles. The molecule has 0 amide bonds. The molecule has 0 radical (unpaired) electrons. The van der Waals surface area contributed by atoms with Gasteiger partial charge >= 0.3 is 0 Å². The molecular weight excluding hydrogens is 286 g/mol. The van der Waals surface area contributed by atoms with Crippen molar-refractivity contribution < 1.29 is 0 Å². The Hall–Kier alpha value is -1.96. The molecular formula is C13H17N7S. The minimum atomic E-state index is 0.596. The van der Waals surface area contributed by atoms with Crippen molar-refractivity contribution in [3.05, 3.63) is 24.5 Å². The maximum atomic E-state index is 4.65. The highest BCUT2D eigenvalue weighted by Crippen LogP contribution is 2.28. The fraction of sp³-hybridized carbons (Fsp3) is 0.538. The lowest BCUT2D eigenvalue weighted by atomic mass is 9.98. The first-order valence-corrected chi connectivity index (χ1v) is 8.00. The molecule has 21 heavy (non-hydrogen) atoms. The lowest BCUT2D eigenvalue weighted by Gasteiger charge is -2.32. The summed E-state index contributed by atoms with van der Waals surface area (Å²) in [6, 6.07) is 0. The number of aryl methyl sites for hydroxylation is 1. The van der Waals surface area contributed by atoms with E-state index in [0.717, 1.165) is 35.4 Å². The third kappa shape index (κ3) is 2.51. The first kappa shape index (κ1) is 12.8. The quantitative estimate of drug-likeness (QED) is 0.735. The average Bonchev–Trinajstić information content (AvgIpc) is 3.15. The summed E-state index contributed by atoms with van der Waals surface area (Å²) >= 11 is 1.67. The highest BCUT2D eigenvalue weighted by molar-refractivity contribution is 7.20. The Labute approximate surface area is 126 Å². The van der Waals surface area contributed by atoms with Crippen LogP contribution in [-0.2, 0) is 6.54 Å². The lowest BCUT2D eigenvalue weighted by molar-refractivity contribution is 0.351. The first-order chi connectivity index (χ1) is 10.3. The summed E-state index contributed by atoms with van der Waals surface area (Å²) in [5.41, 5.74) is 1.02. The van der Waals surface area contributed by atoms with Crippen LogP contribution in [0.2, 0.25) is 0 Å². The van der Waals surface area contributed by atoms with E-state index in [1.165, 1.54) is 12.8 Å². The van der Waals surface area contributed by atoms with Crippen molar-refractivity contribution in [3.63, 3.8) is 0 Å². The highest BCUT2D eigenvalue weighted by atomic mass is 32.1. The van der Waals surface area contributed by atoms with Crippen LogP contribution >= 0.6 is 11.3 Å². The SMILES string of the molecule is Cc1cn2nc(N3CCC[C@@H](Cn4cncn4)C3)sc2n1. The number of anilines is 1. The number of hydrogen-bond acceptors (Lipinski definition) is 6. The second-order valence-electron chi connectivity index (χ2n) is 5.57. The van der Waals surface area contributed by atoms with Gasteiger partial charge in [-0.15, -0.1) is 5.10 Å². The molecule has 0 spiro atoms. The molecule has 7 nitrogen and oxygen atoms in total. The van der Waals surface area contributed by atoms with E-state index >= 15 is 0 Å². The van der Waals surface area contributed by atoms with Crippen molar-refractivity contribution in [2.24, 2.45) is 5.92 Å². The smallest absolute Gasteiger partial charge is 0.214 e. The van der Waals surface area contributed by atoms with E-state index in [0.29, 0.717) is 5.92 Å². The van der Waals surface area contributed by atoms with Gasteiger partial charge in [0.25, 0.3) is 0 Å². The molecule has 0 aliphatic carbocycles. The predicted octanol–water partition coefficient (Wildman–Crippen LogP) is 1.61. The number of piperidine rings is 1. The van der Waals surface area contributed by atoms with Gasteiger partial charge in [-0.2, -0.15) is 5.10 Å². The van der Waals surface area contributed by atoms with E-state index < -0.39 is 0 Å². The minimum Gasteiger partial charge on any atom is -0.346 e. The van der Waals surface area contributed by atoms with Gasteiger partial charge in [-0.3, -0.25) is 4.68 Å². The van der Waals surface area contributed by atoms with Gasteiger partial charge in [-0.25, -0.2) is 14.5 Å². The van der Waals surface area contributed by atoms with Gasteiger partial charge in [0.05, 0.1) is 11.9 Å². The summed E-state index contributed by atoms with van der Waals surface area (Å²) in [6.45, 7) is 5.02. The van der Waals surface area contributed by atoms with E-state index in [1.54, 1.807) is 24.0 Å². The van der Waals surface area contributed by atoms with Crippen LogP contribution < -0.4 is 4.90 Å². The Morgan fingerprint density at radius 2 is 2.38 bits per heavy atom. The van der Waals surface area contributed by atoms with E-state index in [1.807, 2.05) is 22.3 Å². The molecule has 8 heteroatoms. The largest absolute Gasteiger partial charge is 0.346 e. The van der Waals surface area contributed by atoms with Crippen molar-refractivity contribution >= 4 is 21.4 Å². The van der Waals surface area contributed by atoms with Crippen LogP contribution in [-0.4, -0.2) is 42.5 Å². The fourth-order valence-electron chi connectivity index (χ4n) is 2.91. The number of hydrogen-bond donors (Lipinski definition) is 0. The fourth-order valence-corrected chi connectivity index (χ4v) is 3.87. The van der Waals surface area contributed by atoms with Gasteiger partial charge in [0.1, 0.15) is 12.7 Å². The molecule has 0 saturated carbocycles. The second kappa shape index (κ2) is 5.10. The minimum absolute atomic E-state index is 0.596.